The molecular formula is C20H19FN4O3. The minimum Gasteiger partial charge on any atom is -0.493 e. The molecule has 2 N–H and O–H groups in total. The third-order valence-electron chi connectivity index (χ3n) is 3.91. The topological polar surface area (TPSA) is 85.2 Å². The number of ether oxygens (including phenoxy) is 1. The summed E-state index contributed by atoms with van der Waals surface area (Å²) in [5.41, 5.74) is 6.55. The first-order valence-electron chi connectivity index (χ1n) is 8.60. The van der Waals surface area contributed by atoms with Crippen molar-refractivity contribution in [3.05, 3.63) is 78.1 Å². The molecule has 0 spiro atoms. The quantitative estimate of drug-likeness (QED) is 0.642. The molecule has 0 aliphatic carbocycles. The van der Waals surface area contributed by atoms with Crippen LogP contribution in [0, 0.1) is 12.7 Å². The standard InChI is InChI=1S/C20H19FN4O3/c1-14-2-8-17(9-3-14)28-11-10-19(26)23-24-20(27)18-12-22-13-25(18)16-6-4-15(21)5-7-16/h2-9,12-13H,10-11H2,1H3,(H,23,26)(H,24,27). The van der Waals surface area contributed by atoms with Crippen LogP contribution in [0.4, 0.5) is 4.39 Å². The highest BCUT2D eigenvalue weighted by Crippen LogP contribution is 2.12. The molecule has 0 aliphatic heterocycles. The third kappa shape index (κ3) is 4.94. The molecule has 144 valence electrons. The summed E-state index contributed by atoms with van der Waals surface area (Å²) in [6, 6.07) is 13.1. The molecule has 1 heterocycles. The molecule has 8 heteroatoms. The zero-order valence-corrected chi connectivity index (χ0v) is 15.2. The molecule has 0 unspecified atom stereocenters. The number of hydrazine groups is 1. The Kier molecular flexibility index (Phi) is 6.01. The number of imidazole rings is 1. The van der Waals surface area contributed by atoms with Crippen molar-refractivity contribution >= 4 is 11.8 Å². The molecule has 3 aromatic rings. The van der Waals surface area contributed by atoms with Crippen LogP contribution in [0.2, 0.25) is 0 Å². The Morgan fingerprint density at radius 1 is 1.07 bits per heavy atom. The molecule has 2 amide bonds. The van der Waals surface area contributed by atoms with Gasteiger partial charge in [-0.15, -0.1) is 0 Å². The number of aromatic nitrogens is 2. The summed E-state index contributed by atoms with van der Waals surface area (Å²) in [7, 11) is 0. The van der Waals surface area contributed by atoms with Crippen LogP contribution in [0.5, 0.6) is 5.75 Å². The minimum absolute atomic E-state index is 0.0748. The number of hydrogen-bond acceptors (Lipinski definition) is 4. The Morgan fingerprint density at radius 3 is 2.50 bits per heavy atom. The highest BCUT2D eigenvalue weighted by molar-refractivity contribution is 5.94. The predicted octanol–water partition coefficient (Wildman–Crippen LogP) is 2.55. The number of halogens is 1. The Hall–Kier alpha value is -3.68. The van der Waals surface area contributed by atoms with Gasteiger partial charge in [-0.2, -0.15) is 0 Å². The van der Waals surface area contributed by atoms with E-state index in [1.54, 1.807) is 0 Å². The van der Waals surface area contributed by atoms with E-state index >= 15 is 0 Å². The van der Waals surface area contributed by atoms with Gasteiger partial charge in [-0.3, -0.25) is 25.0 Å². The Bertz CT molecular complexity index is 952. The van der Waals surface area contributed by atoms with Gasteiger partial charge in [-0.05, 0) is 43.3 Å². The average molecular weight is 382 g/mol. The van der Waals surface area contributed by atoms with E-state index in [4.69, 9.17) is 4.74 Å². The van der Waals surface area contributed by atoms with Crippen LogP contribution in [0.3, 0.4) is 0 Å². The highest BCUT2D eigenvalue weighted by Gasteiger charge is 2.14. The number of amides is 2. The van der Waals surface area contributed by atoms with Gasteiger partial charge in [-0.25, -0.2) is 9.37 Å². The fraction of sp³-hybridized carbons (Fsp3) is 0.150. The van der Waals surface area contributed by atoms with Crippen LogP contribution >= 0.6 is 0 Å². The smallest absolute Gasteiger partial charge is 0.288 e. The van der Waals surface area contributed by atoms with E-state index in [0.29, 0.717) is 11.4 Å². The van der Waals surface area contributed by atoms with E-state index in [1.807, 2.05) is 31.2 Å². The number of hydrogen-bond donors (Lipinski definition) is 2. The Balaban J connectivity index is 1.49. The lowest BCUT2D eigenvalue weighted by Gasteiger charge is -2.10. The van der Waals surface area contributed by atoms with Crippen molar-refractivity contribution in [3.8, 4) is 11.4 Å². The highest BCUT2D eigenvalue weighted by atomic mass is 19.1. The van der Waals surface area contributed by atoms with Crippen LogP contribution in [-0.2, 0) is 4.79 Å². The maximum atomic E-state index is 13.1. The van der Waals surface area contributed by atoms with Gasteiger partial charge in [-0.1, -0.05) is 17.7 Å². The lowest BCUT2D eigenvalue weighted by molar-refractivity contribution is -0.122. The number of nitrogens with zero attached hydrogens (tertiary/aromatic N) is 2. The Labute approximate surface area is 161 Å². The number of rotatable bonds is 6. The van der Waals surface area contributed by atoms with Crippen molar-refractivity contribution in [1.29, 1.82) is 0 Å². The predicted molar refractivity (Wildman–Crippen MR) is 100 cm³/mol. The van der Waals surface area contributed by atoms with Gasteiger partial charge < -0.3 is 4.74 Å². The van der Waals surface area contributed by atoms with Crippen LogP contribution in [0.25, 0.3) is 5.69 Å². The number of nitrogens with one attached hydrogen (secondary N) is 2. The minimum atomic E-state index is -0.547. The second-order valence-electron chi connectivity index (χ2n) is 6.04. The van der Waals surface area contributed by atoms with Crippen LogP contribution < -0.4 is 15.6 Å². The summed E-state index contributed by atoms with van der Waals surface area (Å²) < 4.78 is 20.0. The van der Waals surface area contributed by atoms with E-state index in [-0.39, 0.29) is 24.5 Å². The van der Waals surface area contributed by atoms with Gasteiger partial charge in [0.15, 0.2) is 0 Å². The molecule has 7 nitrogen and oxygen atoms in total. The molecule has 1 aromatic heterocycles. The normalized spacial score (nSPS) is 10.4. The van der Waals surface area contributed by atoms with E-state index in [1.165, 1.54) is 41.4 Å². The van der Waals surface area contributed by atoms with E-state index < -0.39 is 11.8 Å². The molecule has 3 rings (SSSR count). The summed E-state index contributed by atoms with van der Waals surface area (Å²) in [5.74, 6) is -0.649. The van der Waals surface area contributed by atoms with Gasteiger partial charge in [0.1, 0.15) is 17.3 Å². The summed E-state index contributed by atoms with van der Waals surface area (Å²) in [5, 5.41) is 0. The molecular weight excluding hydrogens is 363 g/mol. The van der Waals surface area contributed by atoms with Crippen LogP contribution in [-0.4, -0.2) is 28.0 Å². The van der Waals surface area contributed by atoms with Crippen molar-refractivity contribution in [1.82, 2.24) is 20.4 Å². The van der Waals surface area contributed by atoms with Crippen LogP contribution in [0.15, 0.2) is 61.1 Å². The van der Waals surface area contributed by atoms with Gasteiger partial charge in [0.25, 0.3) is 5.91 Å². The maximum Gasteiger partial charge on any atom is 0.288 e. The fourth-order valence-corrected chi connectivity index (χ4v) is 2.42. The molecule has 0 saturated carbocycles. The molecule has 0 aliphatic rings. The maximum absolute atomic E-state index is 13.1. The largest absolute Gasteiger partial charge is 0.493 e. The van der Waals surface area contributed by atoms with E-state index in [9.17, 15) is 14.0 Å². The molecule has 28 heavy (non-hydrogen) atoms. The van der Waals surface area contributed by atoms with Crippen molar-refractivity contribution in [2.24, 2.45) is 0 Å². The first-order chi connectivity index (χ1) is 13.5. The van der Waals surface area contributed by atoms with Crippen molar-refractivity contribution in [3.63, 3.8) is 0 Å². The molecule has 0 radical (unpaired) electrons. The number of carbonyl (C=O) groups excluding carboxylic acids is 2. The molecule has 0 saturated heterocycles. The summed E-state index contributed by atoms with van der Waals surface area (Å²) >= 11 is 0. The second-order valence-corrected chi connectivity index (χ2v) is 6.04. The lowest BCUT2D eigenvalue weighted by Crippen LogP contribution is -2.42. The summed E-state index contributed by atoms with van der Waals surface area (Å²) in [6.45, 7) is 2.15. The third-order valence-corrected chi connectivity index (χ3v) is 3.91. The van der Waals surface area contributed by atoms with Gasteiger partial charge in [0, 0.05) is 5.69 Å². The average Bonchev–Trinajstić information content (AvgIpc) is 3.18. The number of benzene rings is 2. The van der Waals surface area contributed by atoms with Crippen molar-refractivity contribution in [2.45, 2.75) is 13.3 Å². The first-order valence-corrected chi connectivity index (χ1v) is 8.60. The Morgan fingerprint density at radius 2 is 1.79 bits per heavy atom. The van der Waals surface area contributed by atoms with Crippen LogP contribution in [0.1, 0.15) is 22.5 Å². The SMILES string of the molecule is Cc1ccc(OCCC(=O)NNC(=O)c2cncn2-c2ccc(F)cc2)cc1. The van der Waals surface area contributed by atoms with Gasteiger partial charge in [0.2, 0.25) is 5.91 Å². The zero-order valence-electron chi connectivity index (χ0n) is 15.2. The fourth-order valence-electron chi connectivity index (χ4n) is 2.42. The number of aryl methyl sites for hydroxylation is 1. The first kappa shape index (κ1) is 19.1. The molecule has 0 atom stereocenters. The van der Waals surface area contributed by atoms with E-state index in [2.05, 4.69) is 15.8 Å². The lowest BCUT2D eigenvalue weighted by atomic mass is 10.2. The van der Waals surface area contributed by atoms with Gasteiger partial charge in [0.05, 0.1) is 25.6 Å². The molecule has 0 bridgehead atoms. The van der Waals surface area contributed by atoms with Crippen molar-refractivity contribution in [2.75, 3.05) is 6.61 Å². The molecule has 0 fully saturated rings. The summed E-state index contributed by atoms with van der Waals surface area (Å²) in [4.78, 5) is 28.1. The molecule has 2 aromatic carbocycles. The second kappa shape index (κ2) is 8.81. The van der Waals surface area contributed by atoms with Gasteiger partial charge >= 0.3 is 0 Å². The monoisotopic (exact) mass is 382 g/mol. The summed E-state index contributed by atoms with van der Waals surface area (Å²) in [6.07, 6.45) is 2.86. The number of carbonyl (C=O) groups is 2. The zero-order chi connectivity index (χ0) is 19.9. The van der Waals surface area contributed by atoms with Crippen molar-refractivity contribution < 1.29 is 18.7 Å². The van der Waals surface area contributed by atoms with E-state index in [0.717, 1.165) is 5.56 Å².